The number of hydrogen-bond donors (Lipinski definition) is 1. The lowest BCUT2D eigenvalue weighted by atomic mass is 10.2. The first-order valence-corrected chi connectivity index (χ1v) is 7.68. The minimum Gasteiger partial charge on any atom is -0.481 e. The summed E-state index contributed by atoms with van der Waals surface area (Å²) in [6.07, 6.45) is -1.27. The van der Waals surface area contributed by atoms with Crippen LogP contribution in [0.1, 0.15) is 17.5 Å². The second kappa shape index (κ2) is 7.57. The molecule has 1 N–H and O–H groups in total. The van der Waals surface area contributed by atoms with Gasteiger partial charge in [-0.2, -0.15) is 0 Å². The molecule has 0 amide bonds. The fourth-order valence-corrected chi connectivity index (χ4v) is 2.48. The largest absolute Gasteiger partial charge is 0.481 e. The van der Waals surface area contributed by atoms with Crippen LogP contribution in [0.5, 0.6) is 11.5 Å². The summed E-state index contributed by atoms with van der Waals surface area (Å²) < 4.78 is 11.4. The predicted octanol–water partition coefficient (Wildman–Crippen LogP) is 4.87. The molecule has 0 bridgehead atoms. The minimum atomic E-state index is -1.02. The second-order valence-electron chi connectivity index (χ2n) is 5.08. The Balaban J connectivity index is 2.21. The molecule has 0 atom stereocenters. The molecular formula is C17H16Cl2O4. The van der Waals surface area contributed by atoms with Crippen LogP contribution in [0.25, 0.3) is 0 Å². The maximum Gasteiger partial charge on any atom is 0.310 e. The molecule has 2 rings (SSSR count). The van der Waals surface area contributed by atoms with Crippen LogP contribution < -0.4 is 9.47 Å². The molecule has 0 spiro atoms. The number of halogens is 2. The van der Waals surface area contributed by atoms with Gasteiger partial charge in [0.15, 0.2) is 0 Å². The molecule has 23 heavy (non-hydrogen) atoms. The van der Waals surface area contributed by atoms with E-state index in [2.05, 4.69) is 0 Å². The number of carboxylic acid groups (broad SMARTS) is 1. The highest BCUT2D eigenvalue weighted by molar-refractivity contribution is 6.31. The highest BCUT2D eigenvalue weighted by Gasteiger charge is 2.19. The van der Waals surface area contributed by atoms with E-state index in [-0.39, 0.29) is 6.42 Å². The van der Waals surface area contributed by atoms with Crippen molar-refractivity contribution in [1.29, 1.82) is 0 Å². The minimum absolute atomic E-state index is 0.301. The number of benzene rings is 2. The Kier molecular flexibility index (Phi) is 5.74. The number of carbonyl (C=O) groups is 1. The first-order valence-electron chi connectivity index (χ1n) is 6.92. The third kappa shape index (κ3) is 5.05. The van der Waals surface area contributed by atoms with Gasteiger partial charge in [-0.05, 0) is 61.4 Å². The van der Waals surface area contributed by atoms with Crippen LogP contribution in [0.15, 0.2) is 36.4 Å². The molecule has 2 aromatic carbocycles. The third-order valence-electron chi connectivity index (χ3n) is 3.13. The van der Waals surface area contributed by atoms with Gasteiger partial charge in [0.2, 0.25) is 0 Å². The van der Waals surface area contributed by atoms with E-state index in [0.29, 0.717) is 21.5 Å². The van der Waals surface area contributed by atoms with Crippen LogP contribution in [0.3, 0.4) is 0 Å². The Morgan fingerprint density at radius 1 is 1.00 bits per heavy atom. The molecule has 0 aliphatic heterocycles. The Morgan fingerprint density at radius 2 is 1.43 bits per heavy atom. The lowest BCUT2D eigenvalue weighted by Gasteiger charge is -2.21. The topological polar surface area (TPSA) is 55.8 Å². The van der Waals surface area contributed by atoms with Gasteiger partial charge in [0.25, 0.3) is 6.29 Å². The number of hydrogen-bond acceptors (Lipinski definition) is 3. The quantitative estimate of drug-likeness (QED) is 0.751. The number of aryl methyl sites for hydroxylation is 2. The summed E-state index contributed by atoms with van der Waals surface area (Å²) in [4.78, 5) is 11.1. The van der Waals surface area contributed by atoms with Gasteiger partial charge < -0.3 is 14.6 Å². The summed E-state index contributed by atoms with van der Waals surface area (Å²) in [5.74, 6) is 0.0211. The number of rotatable bonds is 6. The van der Waals surface area contributed by atoms with Gasteiger partial charge in [0.05, 0.1) is 0 Å². The molecule has 0 aromatic heterocycles. The molecular weight excluding hydrogens is 339 g/mol. The predicted molar refractivity (Wildman–Crippen MR) is 89.7 cm³/mol. The fraction of sp³-hybridized carbons (Fsp3) is 0.235. The third-order valence-corrected chi connectivity index (χ3v) is 3.60. The van der Waals surface area contributed by atoms with Gasteiger partial charge in [-0.1, -0.05) is 23.2 Å². The van der Waals surface area contributed by atoms with Crippen molar-refractivity contribution in [2.75, 3.05) is 0 Å². The van der Waals surface area contributed by atoms with Crippen LogP contribution in [0.2, 0.25) is 10.0 Å². The molecule has 0 heterocycles. The van der Waals surface area contributed by atoms with E-state index in [1.165, 1.54) is 0 Å². The molecule has 0 saturated carbocycles. The van der Waals surface area contributed by atoms with Crippen molar-refractivity contribution in [2.45, 2.75) is 26.6 Å². The van der Waals surface area contributed by atoms with Gasteiger partial charge in [-0.3, -0.25) is 4.79 Å². The van der Waals surface area contributed by atoms with Crippen molar-refractivity contribution in [3.63, 3.8) is 0 Å². The molecule has 0 radical (unpaired) electrons. The number of ether oxygens (including phenoxy) is 2. The summed E-state index contributed by atoms with van der Waals surface area (Å²) in [5, 5.41) is 10.2. The van der Waals surface area contributed by atoms with E-state index in [4.69, 9.17) is 37.8 Å². The zero-order chi connectivity index (χ0) is 17.0. The number of carboxylic acids is 1. The van der Waals surface area contributed by atoms with E-state index >= 15 is 0 Å². The first-order chi connectivity index (χ1) is 10.8. The van der Waals surface area contributed by atoms with Crippen molar-refractivity contribution in [3.05, 3.63) is 57.6 Å². The molecule has 2 aromatic rings. The standard InChI is InChI=1S/C17H16Cl2O4/c1-10-7-12(18)3-5-14(10)22-17(9-16(20)21)23-15-6-4-13(19)8-11(15)2/h3-8,17H,9H2,1-2H3,(H,20,21). The molecule has 6 heteroatoms. The highest BCUT2D eigenvalue weighted by Crippen LogP contribution is 2.27. The maximum atomic E-state index is 11.1. The van der Waals surface area contributed by atoms with Crippen molar-refractivity contribution in [1.82, 2.24) is 0 Å². The summed E-state index contributed by atoms with van der Waals surface area (Å²) in [6.45, 7) is 3.65. The molecule has 0 unspecified atom stereocenters. The Labute approximate surface area is 144 Å². The summed E-state index contributed by atoms with van der Waals surface area (Å²) in [6, 6.07) is 10.2. The zero-order valence-corrected chi connectivity index (χ0v) is 14.2. The van der Waals surface area contributed by atoms with Gasteiger partial charge >= 0.3 is 5.97 Å². The van der Waals surface area contributed by atoms with Crippen molar-refractivity contribution in [3.8, 4) is 11.5 Å². The Hall–Kier alpha value is -1.91. The lowest BCUT2D eigenvalue weighted by Crippen LogP contribution is -2.27. The molecule has 0 saturated heterocycles. The van der Waals surface area contributed by atoms with Crippen molar-refractivity contribution >= 4 is 29.2 Å². The summed E-state index contributed by atoms with van der Waals surface area (Å²) in [5.41, 5.74) is 1.59. The van der Waals surface area contributed by atoms with E-state index in [1.807, 2.05) is 13.8 Å². The molecule has 0 aliphatic rings. The lowest BCUT2D eigenvalue weighted by molar-refractivity contribution is -0.142. The summed E-state index contributed by atoms with van der Waals surface area (Å²) >= 11 is 11.8. The van der Waals surface area contributed by atoms with Crippen molar-refractivity contribution < 1.29 is 19.4 Å². The van der Waals surface area contributed by atoms with Crippen LogP contribution in [0, 0.1) is 13.8 Å². The Morgan fingerprint density at radius 3 is 1.78 bits per heavy atom. The van der Waals surface area contributed by atoms with Gasteiger partial charge in [0, 0.05) is 10.0 Å². The van der Waals surface area contributed by atoms with E-state index in [9.17, 15) is 4.79 Å². The zero-order valence-electron chi connectivity index (χ0n) is 12.7. The summed E-state index contributed by atoms with van der Waals surface area (Å²) in [7, 11) is 0. The second-order valence-corrected chi connectivity index (χ2v) is 5.96. The van der Waals surface area contributed by atoms with E-state index < -0.39 is 12.3 Å². The highest BCUT2D eigenvalue weighted by atomic mass is 35.5. The average Bonchev–Trinajstić information content (AvgIpc) is 2.44. The first kappa shape index (κ1) is 17.4. The average molecular weight is 355 g/mol. The van der Waals surface area contributed by atoms with E-state index in [1.54, 1.807) is 36.4 Å². The fourth-order valence-electron chi connectivity index (χ4n) is 2.02. The van der Waals surface area contributed by atoms with Crippen LogP contribution in [-0.4, -0.2) is 17.4 Å². The molecule has 4 nitrogen and oxygen atoms in total. The Bertz CT molecular complexity index is 662. The van der Waals surface area contributed by atoms with Crippen molar-refractivity contribution in [2.24, 2.45) is 0 Å². The maximum absolute atomic E-state index is 11.1. The van der Waals surface area contributed by atoms with Gasteiger partial charge in [-0.15, -0.1) is 0 Å². The van der Waals surface area contributed by atoms with Gasteiger partial charge in [0.1, 0.15) is 17.9 Å². The monoisotopic (exact) mass is 354 g/mol. The van der Waals surface area contributed by atoms with Gasteiger partial charge in [-0.25, -0.2) is 0 Å². The number of aliphatic carboxylic acids is 1. The van der Waals surface area contributed by atoms with Crippen LogP contribution in [0.4, 0.5) is 0 Å². The normalized spacial score (nSPS) is 10.7. The molecule has 122 valence electrons. The smallest absolute Gasteiger partial charge is 0.310 e. The van der Waals surface area contributed by atoms with E-state index in [0.717, 1.165) is 11.1 Å². The molecule has 0 fully saturated rings. The van der Waals surface area contributed by atoms with Crippen LogP contribution in [-0.2, 0) is 4.79 Å². The molecule has 0 aliphatic carbocycles. The SMILES string of the molecule is Cc1cc(Cl)ccc1OC(CC(=O)O)Oc1ccc(Cl)cc1C. The van der Waals surface area contributed by atoms with Crippen LogP contribution >= 0.6 is 23.2 Å².